The monoisotopic (exact) mass is 501 g/mol. The molecule has 4 rings (SSSR count). The van der Waals surface area contributed by atoms with E-state index in [1.54, 1.807) is 7.05 Å². The first-order chi connectivity index (χ1) is 13.8. The summed E-state index contributed by atoms with van der Waals surface area (Å²) in [5, 5.41) is 16.4. The van der Waals surface area contributed by atoms with Crippen LogP contribution >= 0.6 is 24.0 Å². The van der Waals surface area contributed by atoms with Crippen molar-refractivity contribution in [1.29, 1.82) is 0 Å². The third-order valence-corrected chi connectivity index (χ3v) is 4.66. The number of hydrogen-bond acceptors (Lipinski definition) is 4. The maximum absolute atomic E-state index is 4.41. The average molecular weight is 501 g/mol. The summed E-state index contributed by atoms with van der Waals surface area (Å²) in [5.74, 6) is 1.76. The lowest BCUT2D eigenvalue weighted by Crippen LogP contribution is -2.37. The van der Waals surface area contributed by atoms with Gasteiger partial charge in [-0.1, -0.05) is 24.3 Å². The van der Waals surface area contributed by atoms with E-state index < -0.39 is 0 Å². The molecule has 29 heavy (non-hydrogen) atoms. The third kappa shape index (κ3) is 5.00. The van der Waals surface area contributed by atoms with E-state index in [-0.39, 0.29) is 24.0 Å². The van der Waals surface area contributed by atoms with Gasteiger partial charge in [0.1, 0.15) is 5.82 Å². The Hall–Kier alpha value is -2.75. The number of aliphatic imine (C=N–C) groups is 1. The van der Waals surface area contributed by atoms with E-state index in [0.29, 0.717) is 6.54 Å². The number of nitrogens with zero attached hydrogens (tertiary/aromatic N) is 5. The molecule has 3 aromatic heterocycles. The standard InChI is InChI=1S/C21H23N7.HI/c1-22-21(25-15-16-11-13-23-18-8-3-2-7-17(16)18)24-12-6-10-20-27-26-19-9-4-5-14-28(19)20;/h2-5,7-9,11,13-14H,6,10,12,15H2,1H3,(H2,22,24,25);1H. The number of nitrogens with one attached hydrogen (secondary N) is 2. The van der Waals surface area contributed by atoms with E-state index in [2.05, 4.69) is 36.9 Å². The summed E-state index contributed by atoms with van der Waals surface area (Å²) in [7, 11) is 1.78. The molecule has 8 heteroatoms. The van der Waals surface area contributed by atoms with E-state index in [1.165, 1.54) is 5.56 Å². The Kier molecular flexibility index (Phi) is 7.34. The molecule has 0 fully saturated rings. The molecular formula is C21H24IN7. The Bertz CT molecular complexity index is 1100. The number of para-hydroxylation sites is 1. The maximum Gasteiger partial charge on any atom is 0.191 e. The maximum atomic E-state index is 4.41. The normalized spacial score (nSPS) is 11.4. The number of hydrogen-bond donors (Lipinski definition) is 2. The molecule has 2 N–H and O–H groups in total. The summed E-state index contributed by atoms with van der Waals surface area (Å²) in [6.45, 7) is 1.50. The Balaban J connectivity index is 0.00000240. The molecule has 4 aromatic rings. The first-order valence-electron chi connectivity index (χ1n) is 9.41. The molecule has 0 bridgehead atoms. The van der Waals surface area contributed by atoms with Crippen LogP contribution in [0.4, 0.5) is 0 Å². The fourth-order valence-corrected chi connectivity index (χ4v) is 3.22. The van der Waals surface area contributed by atoms with E-state index in [9.17, 15) is 0 Å². The molecule has 0 saturated heterocycles. The number of halogens is 1. The molecule has 0 aliphatic rings. The number of guanidine groups is 1. The van der Waals surface area contributed by atoms with E-state index in [1.807, 2.05) is 59.3 Å². The summed E-state index contributed by atoms with van der Waals surface area (Å²) >= 11 is 0. The van der Waals surface area contributed by atoms with Gasteiger partial charge in [0, 0.05) is 44.3 Å². The van der Waals surface area contributed by atoms with Crippen LogP contribution in [0.25, 0.3) is 16.6 Å². The van der Waals surface area contributed by atoms with E-state index >= 15 is 0 Å². The molecule has 0 amide bonds. The lowest BCUT2D eigenvalue weighted by atomic mass is 10.1. The van der Waals surface area contributed by atoms with Crippen molar-refractivity contribution in [3.8, 4) is 0 Å². The van der Waals surface area contributed by atoms with Gasteiger partial charge in [-0.15, -0.1) is 34.2 Å². The Morgan fingerprint density at radius 3 is 2.79 bits per heavy atom. The first kappa shape index (κ1) is 21.0. The van der Waals surface area contributed by atoms with E-state index in [0.717, 1.165) is 47.7 Å². The molecule has 3 heterocycles. The molecule has 150 valence electrons. The Morgan fingerprint density at radius 2 is 1.90 bits per heavy atom. The van der Waals surface area contributed by atoms with Crippen LogP contribution < -0.4 is 10.6 Å². The third-order valence-electron chi connectivity index (χ3n) is 4.66. The van der Waals surface area contributed by atoms with Crippen LogP contribution in [-0.2, 0) is 13.0 Å². The summed E-state index contributed by atoms with van der Waals surface area (Å²) in [5.41, 5.74) is 3.08. The summed E-state index contributed by atoms with van der Waals surface area (Å²) in [6, 6.07) is 16.1. The molecular weight excluding hydrogens is 477 g/mol. The molecule has 0 spiro atoms. The van der Waals surface area contributed by atoms with Gasteiger partial charge in [0.25, 0.3) is 0 Å². The van der Waals surface area contributed by atoms with Crippen LogP contribution in [0.3, 0.4) is 0 Å². The highest BCUT2D eigenvalue weighted by molar-refractivity contribution is 14.0. The largest absolute Gasteiger partial charge is 0.356 e. The fraction of sp³-hybridized carbons (Fsp3) is 0.238. The number of aryl methyl sites for hydroxylation is 1. The smallest absolute Gasteiger partial charge is 0.191 e. The number of aromatic nitrogens is 4. The van der Waals surface area contributed by atoms with Gasteiger partial charge in [-0.25, -0.2) is 0 Å². The second-order valence-corrected chi connectivity index (χ2v) is 6.49. The zero-order valence-electron chi connectivity index (χ0n) is 16.2. The molecule has 0 radical (unpaired) electrons. The highest BCUT2D eigenvalue weighted by Gasteiger charge is 2.05. The van der Waals surface area contributed by atoms with Gasteiger partial charge in [0.05, 0.1) is 5.52 Å². The molecule has 1 aromatic carbocycles. The predicted octanol–water partition coefficient (Wildman–Crippen LogP) is 3.19. The van der Waals surface area contributed by atoms with Gasteiger partial charge < -0.3 is 10.6 Å². The van der Waals surface area contributed by atoms with Gasteiger partial charge in [0.15, 0.2) is 11.6 Å². The van der Waals surface area contributed by atoms with Gasteiger partial charge in [-0.3, -0.25) is 14.4 Å². The SMILES string of the molecule is CN=C(NCCCc1nnc2ccccn12)NCc1ccnc2ccccc12.I. The summed E-state index contributed by atoms with van der Waals surface area (Å²) in [4.78, 5) is 8.72. The van der Waals surface area contributed by atoms with Crippen molar-refractivity contribution in [2.75, 3.05) is 13.6 Å². The van der Waals surface area contributed by atoms with Gasteiger partial charge in [0.2, 0.25) is 0 Å². The number of rotatable bonds is 6. The van der Waals surface area contributed by atoms with Gasteiger partial charge in [-0.05, 0) is 36.2 Å². The zero-order valence-corrected chi connectivity index (χ0v) is 18.6. The lowest BCUT2D eigenvalue weighted by molar-refractivity contribution is 0.714. The number of pyridine rings is 2. The van der Waals surface area contributed by atoms with Crippen molar-refractivity contribution in [3.63, 3.8) is 0 Å². The molecule has 0 saturated carbocycles. The average Bonchev–Trinajstić information content (AvgIpc) is 3.16. The zero-order chi connectivity index (χ0) is 19.2. The molecule has 0 atom stereocenters. The van der Waals surface area contributed by atoms with E-state index in [4.69, 9.17) is 0 Å². The van der Waals surface area contributed by atoms with Gasteiger partial charge in [-0.2, -0.15) is 0 Å². The minimum atomic E-state index is 0. The first-order valence-corrected chi connectivity index (χ1v) is 9.41. The molecule has 0 aliphatic heterocycles. The highest BCUT2D eigenvalue weighted by atomic mass is 127. The molecule has 0 aliphatic carbocycles. The van der Waals surface area contributed by atoms with Crippen LogP contribution in [-0.4, -0.2) is 39.1 Å². The minimum Gasteiger partial charge on any atom is -0.356 e. The topological polar surface area (TPSA) is 79.5 Å². The quantitative estimate of drug-likeness (QED) is 0.184. The Labute approximate surface area is 186 Å². The van der Waals surface area contributed by atoms with Crippen molar-refractivity contribution < 1.29 is 0 Å². The number of fused-ring (bicyclic) bond motifs is 2. The van der Waals surface area contributed by atoms with Crippen LogP contribution in [0.2, 0.25) is 0 Å². The lowest BCUT2D eigenvalue weighted by Gasteiger charge is -2.13. The minimum absolute atomic E-state index is 0. The summed E-state index contributed by atoms with van der Waals surface area (Å²) < 4.78 is 2.03. The highest BCUT2D eigenvalue weighted by Crippen LogP contribution is 2.15. The van der Waals surface area contributed by atoms with Crippen molar-refractivity contribution in [2.45, 2.75) is 19.4 Å². The van der Waals surface area contributed by atoms with Crippen molar-refractivity contribution >= 4 is 46.5 Å². The van der Waals surface area contributed by atoms with Crippen LogP contribution in [0.1, 0.15) is 17.8 Å². The molecule has 7 nitrogen and oxygen atoms in total. The summed E-state index contributed by atoms with van der Waals surface area (Å²) in [6.07, 6.45) is 5.63. The molecule has 0 unspecified atom stereocenters. The second-order valence-electron chi connectivity index (χ2n) is 6.49. The van der Waals surface area contributed by atoms with Crippen molar-refractivity contribution in [3.05, 3.63) is 72.3 Å². The fourth-order valence-electron chi connectivity index (χ4n) is 3.22. The van der Waals surface area contributed by atoms with Crippen LogP contribution in [0.5, 0.6) is 0 Å². The van der Waals surface area contributed by atoms with Gasteiger partial charge >= 0.3 is 0 Å². The van der Waals surface area contributed by atoms with Crippen molar-refractivity contribution in [2.24, 2.45) is 4.99 Å². The second kappa shape index (κ2) is 10.1. The number of benzene rings is 1. The Morgan fingerprint density at radius 1 is 1.03 bits per heavy atom. The predicted molar refractivity (Wildman–Crippen MR) is 127 cm³/mol. The van der Waals surface area contributed by atoms with Crippen LogP contribution in [0, 0.1) is 0 Å². The van der Waals surface area contributed by atoms with Crippen molar-refractivity contribution in [1.82, 2.24) is 30.2 Å². The van der Waals surface area contributed by atoms with Crippen LogP contribution in [0.15, 0.2) is 65.9 Å².